The Morgan fingerprint density at radius 3 is 1.76 bits per heavy atom. The smallest absolute Gasteiger partial charge is 0.135 e. The van der Waals surface area contributed by atoms with Crippen LogP contribution in [0.1, 0.15) is 11.1 Å². The van der Waals surface area contributed by atoms with Crippen LogP contribution in [-0.4, -0.2) is 14.2 Å². The van der Waals surface area contributed by atoms with Crippen molar-refractivity contribution in [2.75, 3.05) is 14.2 Å². The summed E-state index contributed by atoms with van der Waals surface area (Å²) in [6.45, 7) is 0. The molecule has 0 atom stereocenters. The number of methoxy groups -OCH3 is 2. The summed E-state index contributed by atoms with van der Waals surface area (Å²) in [7, 11) is 3.32. The van der Waals surface area contributed by atoms with Gasteiger partial charge in [-0.05, 0) is 60.2 Å². The van der Waals surface area contributed by atoms with E-state index in [1.165, 1.54) is 0 Å². The van der Waals surface area contributed by atoms with Crippen molar-refractivity contribution in [2.45, 2.75) is 0 Å². The van der Waals surface area contributed by atoms with E-state index in [4.69, 9.17) is 14.2 Å². The highest BCUT2D eigenvalue weighted by atomic mass is 16.5. The highest BCUT2D eigenvalue weighted by Crippen LogP contribution is 2.25. The lowest BCUT2D eigenvalue weighted by Gasteiger charge is -2.12. The van der Waals surface area contributed by atoms with Crippen molar-refractivity contribution in [2.24, 2.45) is 0 Å². The van der Waals surface area contributed by atoms with Crippen molar-refractivity contribution in [1.82, 2.24) is 0 Å². The number of hydrogen-bond donors (Lipinski definition) is 0. The van der Waals surface area contributed by atoms with Gasteiger partial charge >= 0.3 is 0 Å². The minimum Gasteiger partial charge on any atom is -0.497 e. The van der Waals surface area contributed by atoms with Gasteiger partial charge in [-0.2, -0.15) is 0 Å². The predicted octanol–water partition coefficient (Wildman–Crippen LogP) is 5.28. The topological polar surface area (TPSA) is 27.7 Å². The summed E-state index contributed by atoms with van der Waals surface area (Å²) < 4.78 is 16.6. The van der Waals surface area contributed by atoms with Crippen LogP contribution in [0.3, 0.4) is 0 Å². The predicted molar refractivity (Wildman–Crippen MR) is 101 cm³/mol. The van der Waals surface area contributed by atoms with Gasteiger partial charge in [0.25, 0.3) is 0 Å². The summed E-state index contributed by atoms with van der Waals surface area (Å²) in [6.07, 6.45) is 2.01. The second kappa shape index (κ2) is 8.06. The van der Waals surface area contributed by atoms with Gasteiger partial charge in [0, 0.05) is 5.56 Å². The SMILES string of the molecule is COc1ccc(/C=C(\Oc2ccccc2)c2ccc(OC)cc2)cc1. The van der Waals surface area contributed by atoms with Gasteiger partial charge in [0.05, 0.1) is 14.2 Å². The number of ether oxygens (including phenoxy) is 3. The fraction of sp³-hybridized carbons (Fsp3) is 0.0909. The second-order valence-corrected chi connectivity index (χ2v) is 5.43. The standard InChI is InChI=1S/C22H20O3/c1-23-19-12-8-17(9-13-19)16-22(25-21-6-4-3-5-7-21)18-10-14-20(24-2)15-11-18/h3-16H,1-2H3/b22-16-. The van der Waals surface area contributed by atoms with Crippen LogP contribution in [0.25, 0.3) is 11.8 Å². The minimum atomic E-state index is 0.763. The van der Waals surface area contributed by atoms with Crippen LogP contribution in [0, 0.1) is 0 Å². The first kappa shape index (κ1) is 16.7. The molecule has 0 bridgehead atoms. The Kier molecular flexibility index (Phi) is 5.37. The van der Waals surface area contributed by atoms with E-state index in [1.807, 2.05) is 84.9 Å². The van der Waals surface area contributed by atoms with Gasteiger partial charge in [0.2, 0.25) is 0 Å². The molecule has 0 saturated heterocycles. The van der Waals surface area contributed by atoms with E-state index in [-0.39, 0.29) is 0 Å². The Hall–Kier alpha value is -3.20. The first-order valence-electron chi connectivity index (χ1n) is 8.01. The number of benzene rings is 3. The first-order valence-corrected chi connectivity index (χ1v) is 8.01. The maximum atomic E-state index is 6.12. The molecule has 0 fully saturated rings. The molecule has 3 aromatic carbocycles. The van der Waals surface area contributed by atoms with Gasteiger partial charge in [-0.15, -0.1) is 0 Å². The molecule has 0 radical (unpaired) electrons. The zero-order valence-electron chi connectivity index (χ0n) is 14.3. The van der Waals surface area contributed by atoms with E-state index in [9.17, 15) is 0 Å². The normalized spacial score (nSPS) is 11.0. The van der Waals surface area contributed by atoms with Gasteiger partial charge in [-0.3, -0.25) is 0 Å². The Labute approximate surface area is 148 Å². The summed E-state index contributed by atoms with van der Waals surface area (Å²) in [5.74, 6) is 3.19. The van der Waals surface area contributed by atoms with Crippen molar-refractivity contribution < 1.29 is 14.2 Å². The van der Waals surface area contributed by atoms with E-state index in [1.54, 1.807) is 14.2 Å². The molecule has 0 amide bonds. The highest BCUT2D eigenvalue weighted by Gasteiger charge is 2.06. The van der Waals surface area contributed by atoms with E-state index in [0.717, 1.165) is 34.1 Å². The molecule has 0 heterocycles. The van der Waals surface area contributed by atoms with Gasteiger partial charge in [-0.1, -0.05) is 30.3 Å². The summed E-state index contributed by atoms with van der Waals surface area (Å²) in [5.41, 5.74) is 2.00. The fourth-order valence-corrected chi connectivity index (χ4v) is 2.39. The first-order chi connectivity index (χ1) is 12.3. The minimum absolute atomic E-state index is 0.763. The largest absolute Gasteiger partial charge is 0.497 e. The highest BCUT2D eigenvalue weighted by molar-refractivity contribution is 5.78. The molecule has 0 spiro atoms. The average molecular weight is 332 g/mol. The maximum Gasteiger partial charge on any atom is 0.135 e. The van der Waals surface area contributed by atoms with E-state index >= 15 is 0 Å². The number of para-hydroxylation sites is 1. The third-order valence-electron chi connectivity index (χ3n) is 3.76. The lowest BCUT2D eigenvalue weighted by molar-refractivity contribution is 0.414. The third-order valence-corrected chi connectivity index (χ3v) is 3.76. The number of rotatable bonds is 6. The number of hydrogen-bond acceptors (Lipinski definition) is 3. The Bertz CT molecular complexity index is 819. The fourth-order valence-electron chi connectivity index (χ4n) is 2.39. The summed E-state index contributed by atoms with van der Waals surface area (Å²) in [5, 5.41) is 0. The van der Waals surface area contributed by atoms with E-state index in [2.05, 4.69) is 0 Å². The molecule has 0 N–H and O–H groups in total. The van der Waals surface area contributed by atoms with Crippen LogP contribution in [0.5, 0.6) is 17.2 Å². The summed E-state index contributed by atoms with van der Waals surface area (Å²) >= 11 is 0. The van der Waals surface area contributed by atoms with Gasteiger partial charge < -0.3 is 14.2 Å². The van der Waals surface area contributed by atoms with Crippen LogP contribution < -0.4 is 14.2 Å². The maximum absolute atomic E-state index is 6.12. The molecule has 3 heteroatoms. The van der Waals surface area contributed by atoms with Crippen molar-refractivity contribution in [3.63, 3.8) is 0 Å². The van der Waals surface area contributed by atoms with Crippen molar-refractivity contribution in [3.8, 4) is 17.2 Å². The lowest BCUT2D eigenvalue weighted by Crippen LogP contribution is -1.95. The molecule has 0 aromatic heterocycles. The van der Waals surface area contributed by atoms with Crippen LogP contribution in [-0.2, 0) is 0 Å². The van der Waals surface area contributed by atoms with E-state index in [0.29, 0.717) is 0 Å². The Morgan fingerprint density at radius 1 is 0.640 bits per heavy atom. The third kappa shape index (κ3) is 4.42. The monoisotopic (exact) mass is 332 g/mol. The molecule has 126 valence electrons. The van der Waals surface area contributed by atoms with Gasteiger partial charge in [-0.25, -0.2) is 0 Å². The van der Waals surface area contributed by atoms with Crippen LogP contribution in [0.2, 0.25) is 0 Å². The van der Waals surface area contributed by atoms with Crippen molar-refractivity contribution in [3.05, 3.63) is 90.0 Å². The summed E-state index contributed by atoms with van der Waals surface area (Å²) in [4.78, 5) is 0. The molecule has 3 nitrogen and oxygen atoms in total. The van der Waals surface area contributed by atoms with E-state index < -0.39 is 0 Å². The molecule has 0 aliphatic heterocycles. The summed E-state index contributed by atoms with van der Waals surface area (Å²) in [6, 6.07) is 25.4. The molecule has 3 rings (SSSR count). The zero-order chi connectivity index (χ0) is 17.5. The second-order valence-electron chi connectivity index (χ2n) is 5.43. The molecule has 0 unspecified atom stereocenters. The van der Waals surface area contributed by atoms with Gasteiger partial charge in [0.1, 0.15) is 23.0 Å². The molecular weight excluding hydrogens is 312 g/mol. The Morgan fingerprint density at radius 2 is 1.20 bits per heavy atom. The molecule has 25 heavy (non-hydrogen) atoms. The van der Waals surface area contributed by atoms with Crippen LogP contribution >= 0.6 is 0 Å². The molecule has 3 aromatic rings. The lowest BCUT2D eigenvalue weighted by atomic mass is 10.1. The zero-order valence-corrected chi connectivity index (χ0v) is 14.3. The van der Waals surface area contributed by atoms with Crippen LogP contribution in [0.15, 0.2) is 78.9 Å². The van der Waals surface area contributed by atoms with Crippen molar-refractivity contribution >= 4 is 11.8 Å². The molecular formula is C22H20O3. The quantitative estimate of drug-likeness (QED) is 0.454. The average Bonchev–Trinajstić information content (AvgIpc) is 2.69. The molecule has 0 saturated carbocycles. The van der Waals surface area contributed by atoms with Gasteiger partial charge in [0.15, 0.2) is 0 Å². The molecule has 0 aliphatic carbocycles. The molecule has 0 aliphatic rings. The van der Waals surface area contributed by atoms with Crippen LogP contribution in [0.4, 0.5) is 0 Å². The Balaban J connectivity index is 1.95. The van der Waals surface area contributed by atoms with Crippen molar-refractivity contribution in [1.29, 1.82) is 0 Å².